The lowest BCUT2D eigenvalue weighted by atomic mass is 9.90. The minimum absolute atomic E-state index is 0.0549. The van der Waals surface area contributed by atoms with E-state index < -0.39 is 5.82 Å². The molecule has 1 heterocycles. The first kappa shape index (κ1) is 27.1. The molecule has 0 unspecified atom stereocenters. The Bertz CT molecular complexity index is 1570. The SMILES string of the molecule is CNC1CCC([N+](Cc2cc(-c3ccc(C#N)cc3)ccc2OC)=C(O)c2sc3cccc(F)c3c2Cl)CC1. The van der Waals surface area contributed by atoms with Crippen molar-refractivity contribution < 1.29 is 18.8 Å². The number of thiophene rings is 1. The Labute approximate surface area is 236 Å². The first-order chi connectivity index (χ1) is 18.9. The molecule has 0 aliphatic heterocycles. The Morgan fingerprint density at radius 1 is 1.13 bits per heavy atom. The van der Waals surface area contributed by atoms with Crippen LogP contribution < -0.4 is 10.1 Å². The van der Waals surface area contributed by atoms with Crippen molar-refractivity contribution in [1.29, 1.82) is 5.26 Å². The van der Waals surface area contributed by atoms with Gasteiger partial charge in [0.15, 0.2) is 17.5 Å². The van der Waals surface area contributed by atoms with Crippen molar-refractivity contribution in [3.8, 4) is 22.9 Å². The number of rotatable bonds is 7. The van der Waals surface area contributed by atoms with Gasteiger partial charge in [-0.15, -0.1) is 11.3 Å². The van der Waals surface area contributed by atoms with Gasteiger partial charge in [0.25, 0.3) is 0 Å². The summed E-state index contributed by atoms with van der Waals surface area (Å²) in [6.45, 7) is 0.390. The number of benzene rings is 3. The zero-order chi connectivity index (χ0) is 27.5. The molecular weight excluding hydrogens is 533 g/mol. The van der Waals surface area contributed by atoms with E-state index in [0.29, 0.717) is 38.9 Å². The molecule has 0 bridgehead atoms. The van der Waals surface area contributed by atoms with Crippen molar-refractivity contribution in [2.45, 2.75) is 44.3 Å². The zero-order valence-electron chi connectivity index (χ0n) is 21.9. The number of halogens is 2. The maximum atomic E-state index is 14.6. The molecule has 4 aromatic rings. The minimum atomic E-state index is -0.398. The van der Waals surface area contributed by atoms with Crippen molar-refractivity contribution in [3.63, 3.8) is 0 Å². The smallest absolute Gasteiger partial charge is 0.379 e. The molecule has 1 aliphatic rings. The van der Waals surface area contributed by atoms with Crippen molar-refractivity contribution in [2.75, 3.05) is 14.2 Å². The third kappa shape index (κ3) is 5.51. The number of aliphatic hydroxyl groups excluding tert-OH is 1. The van der Waals surface area contributed by atoms with E-state index >= 15 is 0 Å². The third-order valence-electron chi connectivity index (χ3n) is 7.60. The first-order valence-electron chi connectivity index (χ1n) is 13.0. The van der Waals surface area contributed by atoms with Crippen molar-refractivity contribution in [1.82, 2.24) is 5.32 Å². The Kier molecular flexibility index (Phi) is 8.18. The predicted octanol–water partition coefficient (Wildman–Crippen LogP) is 7.29. The van der Waals surface area contributed by atoms with Gasteiger partial charge in [0, 0.05) is 29.0 Å². The van der Waals surface area contributed by atoms with Gasteiger partial charge in [0.1, 0.15) is 11.6 Å². The zero-order valence-corrected chi connectivity index (χ0v) is 23.5. The van der Waals surface area contributed by atoms with Gasteiger partial charge in [-0.2, -0.15) is 9.84 Å². The average Bonchev–Trinajstić information content (AvgIpc) is 3.32. The van der Waals surface area contributed by atoms with E-state index in [4.69, 9.17) is 21.6 Å². The second-order valence-electron chi connectivity index (χ2n) is 9.82. The molecule has 5 nitrogen and oxygen atoms in total. The van der Waals surface area contributed by atoms with Crippen LogP contribution in [0, 0.1) is 17.1 Å². The number of hydrogen-bond acceptors (Lipinski definition) is 4. The fraction of sp³-hybridized carbons (Fsp3) is 0.290. The molecule has 1 fully saturated rings. The summed E-state index contributed by atoms with van der Waals surface area (Å²) >= 11 is 7.98. The number of aliphatic hydroxyl groups is 1. The van der Waals surface area contributed by atoms with Crippen LogP contribution in [0.3, 0.4) is 0 Å². The lowest BCUT2D eigenvalue weighted by Gasteiger charge is -2.27. The van der Waals surface area contributed by atoms with Crippen LogP contribution in [0.5, 0.6) is 5.75 Å². The fourth-order valence-corrected chi connectivity index (χ4v) is 6.92. The molecule has 0 spiro atoms. The molecule has 39 heavy (non-hydrogen) atoms. The van der Waals surface area contributed by atoms with E-state index in [-0.39, 0.29) is 17.0 Å². The standard InChI is InChI=1S/C31H29ClFN3O2S/c1-35-23-11-13-24(14-12-23)36(31(37)30-29(32)28-25(33)4-3-5-27(28)39-30)18-22-16-21(10-15-26(22)38-2)20-8-6-19(17-34)7-9-20/h3-10,15-16,23-24,35H,11-14,18H2,1-2H3/p+1. The predicted molar refractivity (Wildman–Crippen MR) is 156 cm³/mol. The van der Waals surface area contributed by atoms with Crippen LogP contribution in [0.25, 0.3) is 21.2 Å². The maximum absolute atomic E-state index is 14.6. The fourth-order valence-electron chi connectivity index (χ4n) is 5.40. The Hall–Kier alpha value is -3.44. The van der Waals surface area contributed by atoms with Crippen molar-refractivity contribution >= 4 is 38.9 Å². The summed E-state index contributed by atoms with van der Waals surface area (Å²) in [5.41, 5.74) is 3.47. The molecule has 0 atom stereocenters. The molecule has 8 heteroatoms. The molecule has 1 aliphatic carbocycles. The highest BCUT2D eigenvalue weighted by Crippen LogP contribution is 2.38. The molecular formula is C31H30ClFN3O2S+. The summed E-state index contributed by atoms with van der Waals surface area (Å²) in [6.07, 6.45) is 3.76. The molecule has 200 valence electrons. The quantitative estimate of drug-likeness (QED) is 0.141. The number of fused-ring (bicyclic) bond motifs is 1. The van der Waals surface area contributed by atoms with Gasteiger partial charge in [-0.25, -0.2) is 4.39 Å². The molecule has 1 saturated carbocycles. The number of hydrogen-bond donors (Lipinski definition) is 2. The highest BCUT2D eigenvalue weighted by atomic mass is 35.5. The van der Waals surface area contributed by atoms with E-state index in [9.17, 15) is 9.50 Å². The molecule has 1 aromatic heterocycles. The monoisotopic (exact) mass is 562 g/mol. The van der Waals surface area contributed by atoms with Gasteiger partial charge in [-0.05, 0) is 67.4 Å². The van der Waals surface area contributed by atoms with E-state index in [1.54, 1.807) is 25.3 Å². The highest BCUT2D eigenvalue weighted by Gasteiger charge is 2.34. The number of methoxy groups -OCH3 is 1. The highest BCUT2D eigenvalue weighted by molar-refractivity contribution is 7.21. The van der Waals surface area contributed by atoms with Crippen LogP contribution in [0.1, 0.15) is 41.7 Å². The van der Waals surface area contributed by atoms with Crippen LogP contribution in [0.15, 0.2) is 60.7 Å². The summed E-state index contributed by atoms with van der Waals surface area (Å²) in [5.74, 6) is 0.368. The summed E-state index contributed by atoms with van der Waals surface area (Å²) in [7, 11) is 3.62. The van der Waals surface area contributed by atoms with Gasteiger partial charge in [0.05, 0.1) is 29.3 Å². The maximum Gasteiger partial charge on any atom is 0.379 e. The summed E-state index contributed by atoms with van der Waals surface area (Å²) in [5, 5.41) is 24.9. The number of nitrogens with one attached hydrogen (secondary N) is 1. The Balaban J connectivity index is 1.60. The van der Waals surface area contributed by atoms with E-state index in [1.165, 1.54) is 17.4 Å². The normalized spacial score (nSPS) is 18.0. The van der Waals surface area contributed by atoms with Gasteiger partial charge >= 0.3 is 5.90 Å². The molecule has 2 N–H and O–H groups in total. The minimum Gasteiger partial charge on any atom is -0.496 e. The molecule has 0 amide bonds. The first-order valence-corrected chi connectivity index (χ1v) is 14.2. The Morgan fingerprint density at radius 2 is 1.85 bits per heavy atom. The topological polar surface area (TPSA) is 68.3 Å². The van der Waals surface area contributed by atoms with E-state index in [0.717, 1.165) is 42.4 Å². The second-order valence-corrected chi connectivity index (χ2v) is 11.2. The van der Waals surface area contributed by atoms with Crippen LogP contribution in [0.4, 0.5) is 4.39 Å². The lowest BCUT2D eigenvalue weighted by molar-refractivity contribution is -0.591. The third-order valence-corrected chi connectivity index (χ3v) is 9.24. The second kappa shape index (κ2) is 11.7. The van der Waals surface area contributed by atoms with E-state index in [1.807, 2.05) is 42.0 Å². The molecule has 0 saturated heterocycles. The Morgan fingerprint density at radius 3 is 2.49 bits per heavy atom. The van der Waals surface area contributed by atoms with E-state index in [2.05, 4.69) is 17.5 Å². The number of ether oxygens (including phenoxy) is 1. The summed E-state index contributed by atoms with van der Waals surface area (Å²) in [6, 6.07) is 21.0. The van der Waals surface area contributed by atoms with Gasteiger partial charge in [0.2, 0.25) is 0 Å². The largest absolute Gasteiger partial charge is 0.496 e. The number of nitrogens with zero attached hydrogens (tertiary/aromatic N) is 2. The summed E-state index contributed by atoms with van der Waals surface area (Å²) in [4.78, 5) is 0.467. The van der Waals surface area contributed by atoms with Crippen LogP contribution >= 0.6 is 22.9 Å². The van der Waals surface area contributed by atoms with Gasteiger partial charge in [-0.3, -0.25) is 0 Å². The van der Waals surface area contributed by atoms with Crippen molar-refractivity contribution in [3.05, 3.63) is 87.5 Å². The average molecular weight is 563 g/mol. The van der Waals surface area contributed by atoms with Gasteiger partial charge < -0.3 is 15.2 Å². The van der Waals surface area contributed by atoms with Crippen LogP contribution in [0.2, 0.25) is 5.02 Å². The lowest BCUT2D eigenvalue weighted by Crippen LogP contribution is -2.39. The molecule has 5 rings (SSSR count). The molecule has 0 radical (unpaired) electrons. The van der Waals surface area contributed by atoms with Crippen LogP contribution in [-0.4, -0.2) is 41.8 Å². The molecule has 3 aromatic carbocycles. The summed E-state index contributed by atoms with van der Waals surface area (Å²) < 4.78 is 23.1. The van der Waals surface area contributed by atoms with Gasteiger partial charge in [-0.1, -0.05) is 35.9 Å². The number of nitriles is 1. The van der Waals surface area contributed by atoms with Crippen molar-refractivity contribution in [2.24, 2.45) is 0 Å². The van der Waals surface area contributed by atoms with Crippen LogP contribution in [-0.2, 0) is 6.54 Å².